The van der Waals surface area contributed by atoms with Crippen LogP contribution in [-0.4, -0.2) is 48.1 Å². The van der Waals surface area contributed by atoms with E-state index in [1.165, 1.54) is 0 Å². The van der Waals surface area contributed by atoms with E-state index >= 15 is 0 Å². The first kappa shape index (κ1) is 15.3. The van der Waals surface area contributed by atoms with Gasteiger partial charge in [0.05, 0.1) is 6.61 Å². The smallest absolute Gasteiger partial charge is 0.249 e. The van der Waals surface area contributed by atoms with Gasteiger partial charge < -0.3 is 15.0 Å². The molecule has 1 unspecified atom stereocenters. The minimum Gasteiger partial charge on any atom is -0.383 e. The lowest BCUT2D eigenvalue weighted by Crippen LogP contribution is -2.75. The Morgan fingerprint density at radius 2 is 1.90 bits per heavy atom. The molecule has 0 aromatic rings. The standard InChI is InChI=1S/C15H26N2O3/c1-4-14(2)13(19)17(10-11-20-3)15(12(18)16-14)8-6-5-7-9-15/h4-11H2,1-3H3,(H,16,18). The van der Waals surface area contributed by atoms with Gasteiger partial charge in [-0.1, -0.05) is 26.2 Å². The highest BCUT2D eigenvalue weighted by atomic mass is 16.5. The summed E-state index contributed by atoms with van der Waals surface area (Å²) in [5, 5.41) is 2.99. The number of nitrogens with one attached hydrogen (secondary N) is 1. The summed E-state index contributed by atoms with van der Waals surface area (Å²) in [6, 6.07) is 0. The van der Waals surface area contributed by atoms with E-state index in [1.54, 1.807) is 12.0 Å². The van der Waals surface area contributed by atoms with E-state index in [2.05, 4.69) is 5.32 Å². The summed E-state index contributed by atoms with van der Waals surface area (Å²) >= 11 is 0. The maximum absolute atomic E-state index is 12.9. The molecule has 2 fully saturated rings. The van der Waals surface area contributed by atoms with Gasteiger partial charge >= 0.3 is 0 Å². The molecule has 1 heterocycles. The maximum atomic E-state index is 12.9. The Bertz CT molecular complexity index is 391. The van der Waals surface area contributed by atoms with Crippen LogP contribution in [0.1, 0.15) is 52.4 Å². The number of carbonyl (C=O) groups is 2. The molecule has 0 radical (unpaired) electrons. The minimum atomic E-state index is -0.770. The Labute approximate surface area is 121 Å². The molecule has 5 heteroatoms. The van der Waals surface area contributed by atoms with E-state index in [4.69, 9.17) is 4.74 Å². The van der Waals surface area contributed by atoms with Crippen molar-refractivity contribution < 1.29 is 14.3 Å². The number of nitrogens with zero attached hydrogens (tertiary/aromatic N) is 1. The van der Waals surface area contributed by atoms with Gasteiger partial charge in [0.1, 0.15) is 11.1 Å². The quantitative estimate of drug-likeness (QED) is 0.849. The van der Waals surface area contributed by atoms with Crippen LogP contribution >= 0.6 is 0 Å². The molecule has 2 aliphatic rings. The van der Waals surface area contributed by atoms with Crippen LogP contribution in [0.4, 0.5) is 0 Å². The molecule has 5 nitrogen and oxygen atoms in total. The number of amides is 2. The number of rotatable bonds is 4. The predicted molar refractivity (Wildman–Crippen MR) is 76.2 cm³/mol. The third-order valence-electron chi connectivity index (χ3n) is 4.95. The van der Waals surface area contributed by atoms with Crippen molar-refractivity contribution in [2.24, 2.45) is 0 Å². The molecule has 0 aromatic heterocycles. The fourth-order valence-electron chi connectivity index (χ4n) is 3.41. The van der Waals surface area contributed by atoms with E-state index in [0.717, 1.165) is 32.1 Å². The van der Waals surface area contributed by atoms with Crippen LogP contribution in [0.25, 0.3) is 0 Å². The van der Waals surface area contributed by atoms with Gasteiger partial charge in [0, 0.05) is 13.7 Å². The molecule has 20 heavy (non-hydrogen) atoms. The second kappa shape index (κ2) is 5.72. The zero-order valence-corrected chi connectivity index (χ0v) is 12.8. The highest BCUT2D eigenvalue weighted by Crippen LogP contribution is 2.38. The SMILES string of the molecule is CCC1(C)NC(=O)C2(CCCCC2)N(CCOC)C1=O. The molecule has 0 bridgehead atoms. The van der Waals surface area contributed by atoms with Crippen LogP contribution in [0.15, 0.2) is 0 Å². The fourth-order valence-corrected chi connectivity index (χ4v) is 3.41. The van der Waals surface area contributed by atoms with E-state index in [9.17, 15) is 9.59 Å². The van der Waals surface area contributed by atoms with Gasteiger partial charge in [0.15, 0.2) is 0 Å². The normalized spacial score (nSPS) is 29.6. The van der Waals surface area contributed by atoms with Crippen LogP contribution in [0, 0.1) is 0 Å². The van der Waals surface area contributed by atoms with Crippen molar-refractivity contribution in [1.29, 1.82) is 0 Å². The summed E-state index contributed by atoms with van der Waals surface area (Å²) in [5.74, 6) is 0.0656. The first-order chi connectivity index (χ1) is 9.50. The lowest BCUT2D eigenvalue weighted by Gasteiger charge is -2.53. The predicted octanol–water partition coefficient (Wildman–Crippen LogP) is 1.46. The molecule has 2 rings (SSSR count). The molecule has 1 N–H and O–H groups in total. The monoisotopic (exact) mass is 282 g/mol. The van der Waals surface area contributed by atoms with Crippen LogP contribution in [0.5, 0.6) is 0 Å². The van der Waals surface area contributed by atoms with Gasteiger partial charge in [-0.3, -0.25) is 9.59 Å². The van der Waals surface area contributed by atoms with Crippen molar-refractivity contribution >= 4 is 11.8 Å². The average Bonchev–Trinajstić information content (AvgIpc) is 2.46. The summed E-state index contributed by atoms with van der Waals surface area (Å²) < 4.78 is 5.14. The number of ether oxygens (including phenoxy) is 1. The van der Waals surface area contributed by atoms with Crippen molar-refractivity contribution in [2.45, 2.75) is 63.5 Å². The Kier molecular flexibility index (Phi) is 4.37. The zero-order chi connectivity index (χ0) is 14.8. The molecule has 1 aliphatic heterocycles. The summed E-state index contributed by atoms with van der Waals surface area (Å²) in [7, 11) is 1.63. The number of carbonyl (C=O) groups excluding carboxylic acids is 2. The summed E-state index contributed by atoms with van der Waals surface area (Å²) in [5.41, 5.74) is -1.41. The number of hydrogen-bond donors (Lipinski definition) is 1. The molecule has 1 atom stereocenters. The number of hydrogen-bond acceptors (Lipinski definition) is 3. The molecule has 1 spiro atoms. The van der Waals surface area contributed by atoms with Crippen molar-refractivity contribution in [1.82, 2.24) is 10.2 Å². The molecule has 2 amide bonds. The minimum absolute atomic E-state index is 0.0252. The summed E-state index contributed by atoms with van der Waals surface area (Å²) in [4.78, 5) is 27.4. The summed E-state index contributed by atoms with van der Waals surface area (Å²) in [6.07, 6.45) is 5.31. The number of methoxy groups -OCH3 is 1. The maximum Gasteiger partial charge on any atom is 0.249 e. The van der Waals surface area contributed by atoms with Crippen LogP contribution < -0.4 is 5.32 Å². The van der Waals surface area contributed by atoms with Crippen molar-refractivity contribution in [2.75, 3.05) is 20.3 Å². The summed E-state index contributed by atoms with van der Waals surface area (Å²) in [6.45, 7) is 4.73. The second-order valence-electron chi connectivity index (χ2n) is 6.18. The van der Waals surface area contributed by atoms with E-state index in [1.807, 2.05) is 13.8 Å². The van der Waals surface area contributed by atoms with Crippen LogP contribution in [-0.2, 0) is 14.3 Å². The first-order valence-electron chi connectivity index (χ1n) is 7.64. The van der Waals surface area contributed by atoms with Crippen molar-refractivity contribution in [3.05, 3.63) is 0 Å². The van der Waals surface area contributed by atoms with Gasteiger partial charge in [-0.25, -0.2) is 0 Å². The third-order valence-corrected chi connectivity index (χ3v) is 4.95. The first-order valence-corrected chi connectivity index (χ1v) is 7.64. The second-order valence-corrected chi connectivity index (χ2v) is 6.18. The van der Waals surface area contributed by atoms with Crippen LogP contribution in [0.3, 0.4) is 0 Å². The molecular formula is C15H26N2O3. The molecule has 0 aromatic carbocycles. The third kappa shape index (κ3) is 2.32. The molecule has 114 valence electrons. The Morgan fingerprint density at radius 1 is 1.25 bits per heavy atom. The van der Waals surface area contributed by atoms with Gasteiger partial charge in [-0.05, 0) is 26.2 Å². The van der Waals surface area contributed by atoms with E-state index < -0.39 is 11.1 Å². The molecular weight excluding hydrogens is 256 g/mol. The Balaban J connectivity index is 2.34. The Morgan fingerprint density at radius 3 is 2.45 bits per heavy atom. The van der Waals surface area contributed by atoms with E-state index in [-0.39, 0.29) is 11.8 Å². The van der Waals surface area contributed by atoms with Gasteiger partial charge in [-0.15, -0.1) is 0 Å². The van der Waals surface area contributed by atoms with Crippen LogP contribution in [0.2, 0.25) is 0 Å². The largest absolute Gasteiger partial charge is 0.383 e. The van der Waals surface area contributed by atoms with Crippen molar-refractivity contribution in [3.8, 4) is 0 Å². The zero-order valence-electron chi connectivity index (χ0n) is 12.8. The Hall–Kier alpha value is -1.10. The van der Waals surface area contributed by atoms with Crippen molar-refractivity contribution in [3.63, 3.8) is 0 Å². The average molecular weight is 282 g/mol. The van der Waals surface area contributed by atoms with E-state index in [0.29, 0.717) is 19.6 Å². The highest BCUT2D eigenvalue weighted by Gasteiger charge is 2.55. The number of piperazine rings is 1. The molecule has 1 aliphatic carbocycles. The van der Waals surface area contributed by atoms with Gasteiger partial charge in [0.2, 0.25) is 11.8 Å². The lowest BCUT2D eigenvalue weighted by atomic mass is 9.75. The highest BCUT2D eigenvalue weighted by molar-refractivity contribution is 6.02. The van der Waals surface area contributed by atoms with Gasteiger partial charge in [-0.2, -0.15) is 0 Å². The lowest BCUT2D eigenvalue weighted by molar-refractivity contribution is -0.166. The van der Waals surface area contributed by atoms with Gasteiger partial charge in [0.25, 0.3) is 0 Å². The fraction of sp³-hybridized carbons (Fsp3) is 0.867. The topological polar surface area (TPSA) is 58.6 Å². The molecule has 1 saturated heterocycles. The molecule has 1 saturated carbocycles.